The van der Waals surface area contributed by atoms with Crippen LogP contribution in [0.2, 0.25) is 0 Å². The monoisotopic (exact) mass is 304 g/mol. The van der Waals surface area contributed by atoms with Gasteiger partial charge in [0.2, 0.25) is 0 Å². The molecular weight excluding hydrogens is 276 g/mol. The molecule has 0 bridgehead atoms. The summed E-state index contributed by atoms with van der Waals surface area (Å²) in [7, 11) is 0. The highest BCUT2D eigenvalue weighted by molar-refractivity contribution is 5.22. The summed E-state index contributed by atoms with van der Waals surface area (Å²) in [6.07, 6.45) is 2.51. The largest absolute Gasteiger partial charge is 0.379 e. The average Bonchev–Trinajstić information content (AvgIpc) is 2.54. The molecule has 2 saturated heterocycles. The van der Waals surface area contributed by atoms with E-state index < -0.39 is 0 Å². The first-order valence-electron chi connectivity index (χ1n) is 8.48. The Morgan fingerprint density at radius 3 is 2.14 bits per heavy atom. The summed E-state index contributed by atoms with van der Waals surface area (Å²) < 4.78 is 5.45. The summed E-state index contributed by atoms with van der Waals surface area (Å²) in [6.45, 7) is 13.4. The van der Waals surface area contributed by atoms with Crippen LogP contribution in [0.1, 0.15) is 35.6 Å². The number of aryl methyl sites for hydroxylation is 2. The number of hydrogen-bond donors (Lipinski definition) is 0. The van der Waals surface area contributed by atoms with Gasteiger partial charge in [-0.05, 0) is 39.2 Å². The van der Waals surface area contributed by atoms with E-state index in [1.54, 1.807) is 0 Å². The van der Waals surface area contributed by atoms with Crippen molar-refractivity contribution in [1.29, 1.82) is 0 Å². The van der Waals surface area contributed by atoms with E-state index in [9.17, 15) is 0 Å². The number of piperidine rings is 1. The lowest BCUT2D eigenvalue weighted by atomic mass is 10.0. The zero-order valence-electron chi connectivity index (χ0n) is 14.1. The first kappa shape index (κ1) is 15.8. The van der Waals surface area contributed by atoms with Gasteiger partial charge in [0.05, 0.1) is 19.8 Å². The minimum atomic E-state index is 0.738. The Bertz CT molecular complexity index is 482. The summed E-state index contributed by atoms with van der Waals surface area (Å²) in [5.41, 5.74) is 3.45. The van der Waals surface area contributed by atoms with E-state index in [4.69, 9.17) is 4.74 Å². The van der Waals surface area contributed by atoms with Gasteiger partial charge in [0.25, 0.3) is 0 Å². The van der Waals surface area contributed by atoms with E-state index in [1.165, 1.54) is 18.4 Å². The second-order valence-electron chi connectivity index (χ2n) is 6.59. The molecule has 0 atom stereocenters. The van der Waals surface area contributed by atoms with Crippen molar-refractivity contribution in [2.45, 2.75) is 46.2 Å². The van der Waals surface area contributed by atoms with Crippen LogP contribution in [0.25, 0.3) is 0 Å². The van der Waals surface area contributed by atoms with Gasteiger partial charge in [0, 0.05) is 43.6 Å². The van der Waals surface area contributed by atoms with E-state index in [2.05, 4.69) is 40.5 Å². The Balaban J connectivity index is 1.53. The van der Waals surface area contributed by atoms with Crippen molar-refractivity contribution in [3.05, 3.63) is 22.8 Å². The fourth-order valence-corrected chi connectivity index (χ4v) is 3.50. The van der Waals surface area contributed by atoms with E-state index in [1.807, 2.05) is 0 Å². The SMILES string of the molecule is Cc1nc(CN2CCC(N3CCOCC3)CC2)nc(C)c1C. The first-order valence-corrected chi connectivity index (χ1v) is 8.48. The highest BCUT2D eigenvalue weighted by Crippen LogP contribution is 2.19. The molecule has 1 aromatic heterocycles. The van der Waals surface area contributed by atoms with Crippen molar-refractivity contribution in [2.24, 2.45) is 0 Å². The maximum atomic E-state index is 5.45. The fourth-order valence-electron chi connectivity index (χ4n) is 3.50. The lowest BCUT2D eigenvalue weighted by Crippen LogP contribution is -2.48. The molecule has 5 nitrogen and oxygen atoms in total. The number of morpholine rings is 1. The summed E-state index contributed by atoms with van der Waals surface area (Å²) in [5.74, 6) is 0.977. The number of aromatic nitrogens is 2. The molecule has 0 radical (unpaired) electrons. The maximum Gasteiger partial charge on any atom is 0.142 e. The van der Waals surface area contributed by atoms with E-state index in [0.29, 0.717) is 0 Å². The summed E-state index contributed by atoms with van der Waals surface area (Å²) in [5, 5.41) is 0. The third-order valence-electron chi connectivity index (χ3n) is 5.16. The minimum absolute atomic E-state index is 0.738. The highest BCUT2D eigenvalue weighted by Gasteiger charge is 2.26. The second kappa shape index (κ2) is 7.02. The van der Waals surface area contributed by atoms with Crippen LogP contribution < -0.4 is 0 Å². The van der Waals surface area contributed by atoms with Crippen LogP contribution in [0.4, 0.5) is 0 Å². The quantitative estimate of drug-likeness (QED) is 0.850. The number of hydrogen-bond acceptors (Lipinski definition) is 5. The van der Waals surface area contributed by atoms with Gasteiger partial charge in [-0.15, -0.1) is 0 Å². The number of likely N-dealkylation sites (tertiary alicyclic amines) is 1. The van der Waals surface area contributed by atoms with Crippen molar-refractivity contribution >= 4 is 0 Å². The molecule has 0 saturated carbocycles. The molecule has 0 amide bonds. The molecule has 3 rings (SSSR count). The van der Waals surface area contributed by atoms with E-state index in [-0.39, 0.29) is 0 Å². The van der Waals surface area contributed by atoms with Gasteiger partial charge in [-0.3, -0.25) is 9.80 Å². The Kier molecular flexibility index (Phi) is 5.06. The van der Waals surface area contributed by atoms with Crippen LogP contribution in [-0.4, -0.2) is 65.2 Å². The predicted molar refractivity (Wildman–Crippen MR) is 86.9 cm³/mol. The third-order valence-corrected chi connectivity index (χ3v) is 5.16. The molecular formula is C17H28N4O. The topological polar surface area (TPSA) is 41.5 Å². The molecule has 2 aliphatic heterocycles. The lowest BCUT2D eigenvalue weighted by molar-refractivity contribution is 0.0000272. The van der Waals surface area contributed by atoms with Crippen molar-refractivity contribution < 1.29 is 4.74 Å². The Morgan fingerprint density at radius 1 is 0.955 bits per heavy atom. The van der Waals surface area contributed by atoms with Crippen LogP contribution in [0.3, 0.4) is 0 Å². The fraction of sp³-hybridized carbons (Fsp3) is 0.765. The van der Waals surface area contributed by atoms with Crippen molar-refractivity contribution in [1.82, 2.24) is 19.8 Å². The molecule has 0 unspecified atom stereocenters. The molecule has 1 aromatic rings. The van der Waals surface area contributed by atoms with Crippen molar-refractivity contribution in [2.75, 3.05) is 39.4 Å². The molecule has 0 spiro atoms. The minimum Gasteiger partial charge on any atom is -0.379 e. The summed E-state index contributed by atoms with van der Waals surface area (Å²) >= 11 is 0. The van der Waals surface area contributed by atoms with E-state index >= 15 is 0 Å². The molecule has 22 heavy (non-hydrogen) atoms. The van der Waals surface area contributed by atoms with Crippen LogP contribution in [0.15, 0.2) is 0 Å². The van der Waals surface area contributed by atoms with Gasteiger partial charge < -0.3 is 4.74 Å². The van der Waals surface area contributed by atoms with Gasteiger partial charge >= 0.3 is 0 Å². The zero-order valence-corrected chi connectivity index (χ0v) is 14.1. The predicted octanol–water partition coefficient (Wildman–Crippen LogP) is 1.70. The van der Waals surface area contributed by atoms with Crippen molar-refractivity contribution in [3.8, 4) is 0 Å². The Labute approximate surface area is 133 Å². The van der Waals surface area contributed by atoms with Gasteiger partial charge in [-0.2, -0.15) is 0 Å². The molecule has 2 aliphatic rings. The first-order chi connectivity index (χ1) is 10.6. The zero-order chi connectivity index (χ0) is 15.5. The summed E-state index contributed by atoms with van der Waals surface area (Å²) in [6, 6.07) is 0.738. The van der Waals surface area contributed by atoms with E-state index in [0.717, 1.165) is 69.2 Å². The highest BCUT2D eigenvalue weighted by atomic mass is 16.5. The van der Waals surface area contributed by atoms with Crippen LogP contribution in [-0.2, 0) is 11.3 Å². The molecule has 0 N–H and O–H groups in total. The maximum absolute atomic E-state index is 5.45. The van der Waals surface area contributed by atoms with Gasteiger partial charge in [0.15, 0.2) is 0 Å². The third kappa shape index (κ3) is 3.65. The van der Waals surface area contributed by atoms with Crippen LogP contribution in [0.5, 0.6) is 0 Å². The van der Waals surface area contributed by atoms with Gasteiger partial charge in [0.1, 0.15) is 5.82 Å². The number of nitrogens with zero attached hydrogens (tertiary/aromatic N) is 4. The lowest BCUT2D eigenvalue weighted by Gasteiger charge is -2.39. The standard InChI is InChI=1S/C17H28N4O/c1-13-14(2)18-17(19-15(13)3)12-20-6-4-16(5-7-20)21-8-10-22-11-9-21/h16H,4-12H2,1-3H3. The molecule has 3 heterocycles. The Hall–Kier alpha value is -1.04. The molecule has 0 aliphatic carbocycles. The van der Waals surface area contributed by atoms with Crippen LogP contribution >= 0.6 is 0 Å². The molecule has 122 valence electrons. The molecule has 0 aromatic carbocycles. The smallest absolute Gasteiger partial charge is 0.142 e. The second-order valence-corrected chi connectivity index (χ2v) is 6.59. The Morgan fingerprint density at radius 2 is 1.55 bits per heavy atom. The van der Waals surface area contributed by atoms with Gasteiger partial charge in [-0.25, -0.2) is 9.97 Å². The number of rotatable bonds is 3. The molecule has 2 fully saturated rings. The normalized spacial score (nSPS) is 22.1. The number of ether oxygens (including phenoxy) is 1. The average molecular weight is 304 g/mol. The van der Waals surface area contributed by atoms with Crippen molar-refractivity contribution in [3.63, 3.8) is 0 Å². The van der Waals surface area contributed by atoms with Crippen LogP contribution in [0, 0.1) is 20.8 Å². The molecule has 5 heteroatoms. The van der Waals surface area contributed by atoms with Gasteiger partial charge in [-0.1, -0.05) is 0 Å². The summed E-state index contributed by atoms with van der Waals surface area (Å²) in [4.78, 5) is 14.4.